The third-order valence-corrected chi connectivity index (χ3v) is 5.14. The molecule has 8 heteroatoms. The van der Waals surface area contributed by atoms with Crippen LogP contribution in [0, 0.1) is 12.7 Å². The van der Waals surface area contributed by atoms with Crippen LogP contribution < -0.4 is 9.46 Å². The van der Waals surface area contributed by atoms with Crippen molar-refractivity contribution < 1.29 is 17.5 Å². The van der Waals surface area contributed by atoms with Crippen LogP contribution in [0.5, 0.6) is 5.75 Å². The maximum atomic E-state index is 14.0. The lowest BCUT2D eigenvalue weighted by Gasteiger charge is -2.11. The van der Waals surface area contributed by atoms with Gasteiger partial charge in [-0.05, 0) is 25.5 Å². The number of hydrogen-bond acceptors (Lipinski definition) is 4. The van der Waals surface area contributed by atoms with E-state index in [-0.39, 0.29) is 22.8 Å². The first-order valence-electron chi connectivity index (χ1n) is 7.14. The lowest BCUT2D eigenvalue weighted by atomic mass is 10.2. The summed E-state index contributed by atoms with van der Waals surface area (Å²) in [4.78, 5) is -0.0993. The molecule has 6 nitrogen and oxygen atoms in total. The molecular weight excluding hydrogens is 321 g/mol. The lowest BCUT2D eigenvalue weighted by molar-refractivity contribution is 0.384. The van der Waals surface area contributed by atoms with E-state index in [1.165, 1.54) is 26.2 Å². The van der Waals surface area contributed by atoms with E-state index in [0.717, 1.165) is 11.3 Å². The SMILES string of the molecule is CCc1nn(C)cc1CNS(=O)(=O)c1ccc(OC)c(F)c1C. The van der Waals surface area contributed by atoms with E-state index in [2.05, 4.69) is 9.82 Å². The standard InChI is InChI=1S/C15H20FN3O3S/c1-5-12-11(9-19(3)18-12)8-17-23(20,21)14-7-6-13(22-4)15(16)10(14)2/h6-7,9,17H,5,8H2,1-4H3. The highest BCUT2D eigenvalue weighted by molar-refractivity contribution is 7.89. The predicted octanol–water partition coefficient (Wildman–Crippen LogP) is 1.92. The first-order chi connectivity index (χ1) is 10.8. The topological polar surface area (TPSA) is 73.2 Å². The molecule has 0 saturated carbocycles. The van der Waals surface area contributed by atoms with Crippen molar-refractivity contribution in [3.8, 4) is 5.75 Å². The van der Waals surface area contributed by atoms with Gasteiger partial charge < -0.3 is 4.74 Å². The minimum Gasteiger partial charge on any atom is -0.494 e. The van der Waals surface area contributed by atoms with Crippen molar-refractivity contribution in [2.24, 2.45) is 7.05 Å². The second-order valence-electron chi connectivity index (χ2n) is 5.16. The van der Waals surface area contributed by atoms with Gasteiger partial charge in [0, 0.05) is 30.9 Å². The smallest absolute Gasteiger partial charge is 0.241 e. The molecule has 2 aromatic rings. The molecule has 1 aromatic carbocycles. The molecule has 0 fully saturated rings. The van der Waals surface area contributed by atoms with E-state index in [0.29, 0.717) is 6.42 Å². The first-order valence-corrected chi connectivity index (χ1v) is 8.62. The molecule has 0 aliphatic heterocycles. The molecule has 1 heterocycles. The minimum absolute atomic E-state index is 0.0157. The normalized spacial score (nSPS) is 11.7. The monoisotopic (exact) mass is 341 g/mol. The van der Waals surface area contributed by atoms with Gasteiger partial charge in [0.05, 0.1) is 17.7 Å². The van der Waals surface area contributed by atoms with Gasteiger partial charge in [-0.3, -0.25) is 4.68 Å². The Balaban J connectivity index is 2.27. The van der Waals surface area contributed by atoms with E-state index in [1.807, 2.05) is 6.92 Å². The lowest BCUT2D eigenvalue weighted by Crippen LogP contribution is -2.24. The van der Waals surface area contributed by atoms with Crippen molar-refractivity contribution in [2.75, 3.05) is 7.11 Å². The van der Waals surface area contributed by atoms with Crippen molar-refractivity contribution in [3.05, 3.63) is 41.0 Å². The zero-order chi connectivity index (χ0) is 17.2. The summed E-state index contributed by atoms with van der Waals surface area (Å²) < 4.78 is 47.9. The molecule has 1 aromatic heterocycles. The number of sulfonamides is 1. The van der Waals surface area contributed by atoms with Crippen LogP contribution in [0.2, 0.25) is 0 Å². The van der Waals surface area contributed by atoms with Crippen molar-refractivity contribution in [2.45, 2.75) is 31.7 Å². The second kappa shape index (κ2) is 6.67. The molecule has 0 aliphatic rings. The quantitative estimate of drug-likeness (QED) is 0.871. The minimum atomic E-state index is -3.83. The summed E-state index contributed by atoms with van der Waals surface area (Å²) in [5.41, 5.74) is 1.65. The molecule has 0 saturated heterocycles. The summed E-state index contributed by atoms with van der Waals surface area (Å²) in [6, 6.07) is 2.64. The summed E-state index contributed by atoms with van der Waals surface area (Å²) in [7, 11) is -0.725. The van der Waals surface area contributed by atoms with Crippen molar-refractivity contribution in [3.63, 3.8) is 0 Å². The van der Waals surface area contributed by atoms with Gasteiger partial charge in [0.1, 0.15) is 0 Å². The average Bonchev–Trinajstić information content (AvgIpc) is 2.88. The zero-order valence-corrected chi connectivity index (χ0v) is 14.4. The van der Waals surface area contributed by atoms with Gasteiger partial charge in [-0.2, -0.15) is 5.10 Å². The van der Waals surface area contributed by atoms with Crippen LogP contribution in [0.4, 0.5) is 4.39 Å². The molecular formula is C15H20FN3O3S. The molecule has 0 spiro atoms. The number of ether oxygens (including phenoxy) is 1. The maximum Gasteiger partial charge on any atom is 0.241 e. The van der Waals surface area contributed by atoms with Crippen LogP contribution in [0.15, 0.2) is 23.2 Å². The van der Waals surface area contributed by atoms with E-state index < -0.39 is 15.8 Å². The Hall–Kier alpha value is -1.93. The fourth-order valence-electron chi connectivity index (χ4n) is 2.37. The first kappa shape index (κ1) is 17.4. The van der Waals surface area contributed by atoms with Crippen LogP contribution in [0.3, 0.4) is 0 Å². The van der Waals surface area contributed by atoms with E-state index in [4.69, 9.17) is 4.74 Å². The third-order valence-electron chi connectivity index (χ3n) is 3.59. The Morgan fingerprint density at radius 3 is 2.70 bits per heavy atom. The Kier molecular flexibility index (Phi) is 5.06. The Bertz CT molecular complexity index is 816. The van der Waals surface area contributed by atoms with Crippen molar-refractivity contribution in [1.82, 2.24) is 14.5 Å². The highest BCUT2D eigenvalue weighted by atomic mass is 32.2. The van der Waals surface area contributed by atoms with Gasteiger partial charge in [0.15, 0.2) is 11.6 Å². The van der Waals surface area contributed by atoms with Crippen LogP contribution in [0.1, 0.15) is 23.7 Å². The molecule has 0 amide bonds. The molecule has 0 bridgehead atoms. The van der Waals surface area contributed by atoms with E-state index >= 15 is 0 Å². The molecule has 0 aliphatic carbocycles. The van der Waals surface area contributed by atoms with Crippen LogP contribution >= 0.6 is 0 Å². The molecule has 0 radical (unpaired) electrons. The van der Waals surface area contributed by atoms with E-state index in [1.54, 1.807) is 17.9 Å². The summed E-state index contributed by atoms with van der Waals surface area (Å²) in [5.74, 6) is -0.659. The van der Waals surface area contributed by atoms with E-state index in [9.17, 15) is 12.8 Å². The van der Waals surface area contributed by atoms with Crippen molar-refractivity contribution in [1.29, 1.82) is 0 Å². The van der Waals surface area contributed by atoms with Crippen molar-refractivity contribution >= 4 is 10.0 Å². The van der Waals surface area contributed by atoms with Gasteiger partial charge >= 0.3 is 0 Å². The number of aryl methyl sites for hydroxylation is 2. The molecule has 126 valence electrons. The van der Waals surface area contributed by atoms with Gasteiger partial charge in [0.25, 0.3) is 0 Å². The van der Waals surface area contributed by atoms with Crippen LogP contribution in [-0.2, 0) is 30.0 Å². The summed E-state index contributed by atoms with van der Waals surface area (Å²) in [6.07, 6.45) is 2.47. The zero-order valence-electron chi connectivity index (χ0n) is 13.6. The number of benzene rings is 1. The van der Waals surface area contributed by atoms with Crippen LogP contribution in [-0.4, -0.2) is 25.3 Å². The van der Waals surface area contributed by atoms with Gasteiger partial charge in [-0.1, -0.05) is 6.92 Å². The second-order valence-corrected chi connectivity index (χ2v) is 6.89. The summed E-state index contributed by atoms with van der Waals surface area (Å²) in [6.45, 7) is 3.46. The molecule has 23 heavy (non-hydrogen) atoms. The number of methoxy groups -OCH3 is 1. The molecule has 0 atom stereocenters. The van der Waals surface area contributed by atoms with Crippen LogP contribution in [0.25, 0.3) is 0 Å². The summed E-state index contributed by atoms with van der Waals surface area (Å²) in [5, 5.41) is 4.26. The van der Waals surface area contributed by atoms with Gasteiger partial charge in [-0.25, -0.2) is 17.5 Å². The molecule has 2 rings (SSSR count). The Morgan fingerprint density at radius 1 is 1.39 bits per heavy atom. The largest absolute Gasteiger partial charge is 0.494 e. The number of nitrogens with zero attached hydrogens (tertiary/aromatic N) is 2. The average molecular weight is 341 g/mol. The number of aromatic nitrogens is 2. The number of nitrogens with one attached hydrogen (secondary N) is 1. The fraction of sp³-hybridized carbons (Fsp3) is 0.400. The van der Waals surface area contributed by atoms with Gasteiger partial charge in [-0.15, -0.1) is 0 Å². The molecule has 1 N–H and O–H groups in total. The maximum absolute atomic E-state index is 14.0. The molecule has 0 unspecified atom stereocenters. The third kappa shape index (κ3) is 3.53. The summed E-state index contributed by atoms with van der Waals surface area (Å²) >= 11 is 0. The Morgan fingerprint density at radius 2 is 2.09 bits per heavy atom. The Labute approximate surface area is 135 Å². The highest BCUT2D eigenvalue weighted by Gasteiger charge is 2.21. The highest BCUT2D eigenvalue weighted by Crippen LogP contribution is 2.26. The number of rotatable bonds is 6. The number of halogens is 1. The predicted molar refractivity (Wildman–Crippen MR) is 84.3 cm³/mol. The number of hydrogen-bond donors (Lipinski definition) is 1. The fourth-order valence-corrected chi connectivity index (χ4v) is 3.61. The van der Waals surface area contributed by atoms with Gasteiger partial charge in [0.2, 0.25) is 10.0 Å².